The van der Waals surface area contributed by atoms with Crippen LogP contribution in [0.5, 0.6) is 0 Å². The van der Waals surface area contributed by atoms with Crippen LogP contribution < -0.4 is 5.32 Å². The number of carbonyl (C=O) groups excluding carboxylic acids is 1. The number of aromatic amines is 1. The zero-order valence-electron chi connectivity index (χ0n) is 10.7. The molecule has 1 amide bonds. The Labute approximate surface area is 106 Å². The van der Waals surface area contributed by atoms with Crippen LogP contribution in [0, 0.1) is 6.92 Å². The summed E-state index contributed by atoms with van der Waals surface area (Å²) in [5, 5.41) is 2.80. The SMILES string of the molecule is Cc1[nH]cnc1C(=O)Nc1cncc(C(C)C)c1. The molecule has 2 heterocycles. The summed E-state index contributed by atoms with van der Waals surface area (Å²) in [7, 11) is 0. The summed E-state index contributed by atoms with van der Waals surface area (Å²) in [6.07, 6.45) is 4.94. The number of hydrogen-bond acceptors (Lipinski definition) is 3. The van der Waals surface area contributed by atoms with Crippen molar-refractivity contribution >= 4 is 11.6 Å². The highest BCUT2D eigenvalue weighted by Gasteiger charge is 2.12. The van der Waals surface area contributed by atoms with Gasteiger partial charge in [0.15, 0.2) is 0 Å². The monoisotopic (exact) mass is 244 g/mol. The molecule has 0 aliphatic carbocycles. The fraction of sp³-hybridized carbons (Fsp3) is 0.308. The molecule has 0 saturated carbocycles. The van der Waals surface area contributed by atoms with Crippen molar-refractivity contribution in [1.29, 1.82) is 0 Å². The summed E-state index contributed by atoms with van der Waals surface area (Å²) in [5.74, 6) is 0.151. The Morgan fingerprint density at radius 1 is 1.39 bits per heavy atom. The second kappa shape index (κ2) is 5.00. The van der Waals surface area contributed by atoms with E-state index in [4.69, 9.17) is 0 Å². The van der Waals surface area contributed by atoms with Gasteiger partial charge in [-0.15, -0.1) is 0 Å². The largest absolute Gasteiger partial charge is 0.348 e. The molecule has 0 unspecified atom stereocenters. The van der Waals surface area contributed by atoms with Gasteiger partial charge in [-0.25, -0.2) is 4.98 Å². The first-order valence-electron chi connectivity index (χ1n) is 5.84. The zero-order valence-corrected chi connectivity index (χ0v) is 10.7. The van der Waals surface area contributed by atoms with Gasteiger partial charge in [-0.1, -0.05) is 13.8 Å². The second-order valence-corrected chi connectivity index (χ2v) is 4.49. The number of amides is 1. The molecule has 0 saturated heterocycles. The molecule has 0 fully saturated rings. The topological polar surface area (TPSA) is 70.7 Å². The number of pyridine rings is 1. The summed E-state index contributed by atoms with van der Waals surface area (Å²) in [5.41, 5.74) is 2.94. The summed E-state index contributed by atoms with van der Waals surface area (Å²) >= 11 is 0. The maximum Gasteiger partial charge on any atom is 0.276 e. The van der Waals surface area contributed by atoms with Crippen LogP contribution in [0.15, 0.2) is 24.8 Å². The van der Waals surface area contributed by atoms with Crippen molar-refractivity contribution in [3.63, 3.8) is 0 Å². The Hall–Kier alpha value is -2.17. The number of carbonyl (C=O) groups is 1. The molecular weight excluding hydrogens is 228 g/mol. The summed E-state index contributed by atoms with van der Waals surface area (Å²) in [6, 6.07) is 1.93. The standard InChI is InChI=1S/C13H16N4O/c1-8(2)10-4-11(6-14-5-10)17-13(18)12-9(3)15-7-16-12/h4-8H,1-3H3,(H,15,16)(H,17,18). The molecule has 0 radical (unpaired) electrons. The third-order valence-corrected chi connectivity index (χ3v) is 2.73. The van der Waals surface area contributed by atoms with Gasteiger partial charge in [0.2, 0.25) is 0 Å². The Morgan fingerprint density at radius 3 is 2.78 bits per heavy atom. The molecule has 2 N–H and O–H groups in total. The molecule has 2 aromatic rings. The quantitative estimate of drug-likeness (QED) is 0.871. The van der Waals surface area contributed by atoms with E-state index in [9.17, 15) is 4.79 Å². The van der Waals surface area contributed by atoms with Gasteiger partial charge >= 0.3 is 0 Å². The molecule has 5 heteroatoms. The van der Waals surface area contributed by atoms with E-state index >= 15 is 0 Å². The smallest absolute Gasteiger partial charge is 0.276 e. The van der Waals surface area contributed by atoms with Gasteiger partial charge in [-0.2, -0.15) is 0 Å². The van der Waals surface area contributed by atoms with Crippen LogP contribution >= 0.6 is 0 Å². The highest BCUT2D eigenvalue weighted by molar-refractivity contribution is 6.03. The van der Waals surface area contributed by atoms with Crippen LogP contribution in [0.2, 0.25) is 0 Å². The molecule has 0 aliphatic rings. The lowest BCUT2D eigenvalue weighted by Gasteiger charge is -2.08. The van der Waals surface area contributed by atoms with Crippen molar-refractivity contribution in [3.05, 3.63) is 41.7 Å². The van der Waals surface area contributed by atoms with E-state index in [1.54, 1.807) is 12.4 Å². The van der Waals surface area contributed by atoms with Crippen LogP contribution in [0.1, 0.15) is 41.5 Å². The van der Waals surface area contributed by atoms with Crippen molar-refractivity contribution in [2.75, 3.05) is 5.32 Å². The van der Waals surface area contributed by atoms with Crippen LogP contribution in [0.4, 0.5) is 5.69 Å². The van der Waals surface area contributed by atoms with Crippen molar-refractivity contribution in [2.24, 2.45) is 0 Å². The van der Waals surface area contributed by atoms with Crippen LogP contribution in [-0.2, 0) is 0 Å². The van der Waals surface area contributed by atoms with E-state index in [-0.39, 0.29) is 5.91 Å². The first-order valence-corrected chi connectivity index (χ1v) is 5.84. The van der Waals surface area contributed by atoms with E-state index in [1.165, 1.54) is 6.33 Å². The molecule has 0 bridgehead atoms. The van der Waals surface area contributed by atoms with Gasteiger partial charge in [0.25, 0.3) is 5.91 Å². The highest BCUT2D eigenvalue weighted by Crippen LogP contribution is 2.17. The first-order chi connectivity index (χ1) is 8.58. The molecule has 2 rings (SSSR count). The Bertz CT molecular complexity index is 560. The molecule has 94 valence electrons. The van der Waals surface area contributed by atoms with Gasteiger partial charge in [0.1, 0.15) is 5.69 Å². The molecule has 0 spiro atoms. The average molecular weight is 244 g/mol. The fourth-order valence-corrected chi connectivity index (χ4v) is 1.62. The lowest BCUT2D eigenvalue weighted by molar-refractivity contribution is 0.102. The average Bonchev–Trinajstić information content (AvgIpc) is 2.76. The maximum atomic E-state index is 12.0. The second-order valence-electron chi connectivity index (χ2n) is 4.49. The van der Waals surface area contributed by atoms with Gasteiger partial charge in [0.05, 0.1) is 18.2 Å². The fourth-order valence-electron chi connectivity index (χ4n) is 1.62. The third kappa shape index (κ3) is 2.56. The first kappa shape index (κ1) is 12.3. The maximum absolute atomic E-state index is 12.0. The minimum atomic E-state index is -0.226. The normalized spacial score (nSPS) is 10.7. The molecule has 0 aliphatic heterocycles. The van der Waals surface area contributed by atoms with E-state index in [0.717, 1.165) is 11.3 Å². The van der Waals surface area contributed by atoms with E-state index in [2.05, 4.69) is 34.1 Å². The van der Waals surface area contributed by atoms with E-state index < -0.39 is 0 Å². The van der Waals surface area contributed by atoms with E-state index in [1.807, 2.05) is 13.0 Å². The molecule has 18 heavy (non-hydrogen) atoms. The summed E-state index contributed by atoms with van der Waals surface area (Å²) in [4.78, 5) is 22.9. The van der Waals surface area contributed by atoms with Crippen molar-refractivity contribution < 1.29 is 4.79 Å². The summed E-state index contributed by atoms with van der Waals surface area (Å²) < 4.78 is 0. The predicted molar refractivity (Wildman–Crippen MR) is 69.6 cm³/mol. The number of aryl methyl sites for hydroxylation is 1. The molecule has 0 atom stereocenters. The lowest BCUT2D eigenvalue weighted by Crippen LogP contribution is -2.14. The van der Waals surface area contributed by atoms with Crippen LogP contribution in [-0.4, -0.2) is 20.9 Å². The van der Waals surface area contributed by atoms with Crippen LogP contribution in [0.3, 0.4) is 0 Å². The molecule has 5 nitrogen and oxygen atoms in total. The van der Waals surface area contributed by atoms with Gasteiger partial charge < -0.3 is 10.3 Å². The Morgan fingerprint density at radius 2 is 2.17 bits per heavy atom. The predicted octanol–water partition coefficient (Wildman–Crippen LogP) is 2.49. The van der Waals surface area contributed by atoms with Crippen molar-refractivity contribution in [2.45, 2.75) is 26.7 Å². The van der Waals surface area contributed by atoms with Crippen molar-refractivity contribution in [3.8, 4) is 0 Å². The van der Waals surface area contributed by atoms with Crippen LogP contribution in [0.25, 0.3) is 0 Å². The number of rotatable bonds is 3. The molecule has 2 aromatic heterocycles. The van der Waals surface area contributed by atoms with E-state index in [0.29, 0.717) is 17.3 Å². The molecular formula is C13H16N4O. The minimum absolute atomic E-state index is 0.226. The Balaban J connectivity index is 2.17. The number of H-pyrrole nitrogens is 1. The van der Waals surface area contributed by atoms with Gasteiger partial charge in [-0.05, 0) is 24.5 Å². The number of imidazole rings is 1. The Kier molecular flexibility index (Phi) is 3.41. The number of hydrogen-bond donors (Lipinski definition) is 2. The number of anilines is 1. The molecule has 0 aromatic carbocycles. The highest BCUT2D eigenvalue weighted by atomic mass is 16.1. The lowest BCUT2D eigenvalue weighted by atomic mass is 10.1. The van der Waals surface area contributed by atoms with Gasteiger partial charge in [-0.3, -0.25) is 9.78 Å². The third-order valence-electron chi connectivity index (χ3n) is 2.73. The number of nitrogens with zero attached hydrogens (tertiary/aromatic N) is 2. The zero-order chi connectivity index (χ0) is 13.1. The summed E-state index contributed by atoms with van der Waals surface area (Å²) in [6.45, 7) is 5.98. The van der Waals surface area contributed by atoms with Crippen molar-refractivity contribution in [1.82, 2.24) is 15.0 Å². The van der Waals surface area contributed by atoms with Gasteiger partial charge in [0, 0.05) is 11.9 Å². The minimum Gasteiger partial charge on any atom is -0.348 e. The number of nitrogens with one attached hydrogen (secondary N) is 2. The number of aromatic nitrogens is 3.